The Morgan fingerprint density at radius 1 is 0.481 bits per heavy atom. The van der Waals surface area contributed by atoms with Crippen molar-refractivity contribution < 1.29 is 66.8 Å². The maximum absolute atomic E-state index is 13.5. The lowest BCUT2D eigenvalue weighted by atomic mass is 9.75. The number of benzene rings is 2. The Morgan fingerprint density at radius 2 is 0.796 bits per heavy atom. The van der Waals surface area contributed by atoms with Crippen LogP contribution in [0.15, 0.2) is 48.5 Å². The number of carbonyl (C=O) groups is 8. The van der Waals surface area contributed by atoms with E-state index in [1.54, 1.807) is 48.5 Å². The van der Waals surface area contributed by atoms with Crippen molar-refractivity contribution in [1.82, 2.24) is 0 Å². The quantitative estimate of drug-likeness (QED) is 0.237. The summed E-state index contributed by atoms with van der Waals surface area (Å²) in [5, 5.41) is 0. The van der Waals surface area contributed by atoms with Crippen molar-refractivity contribution in [3.63, 3.8) is 0 Å². The molecule has 1 aliphatic rings. The molecular weight excluding hydrogens is 704 g/mol. The summed E-state index contributed by atoms with van der Waals surface area (Å²) in [5.74, 6) is -7.83. The van der Waals surface area contributed by atoms with Gasteiger partial charge in [-0.05, 0) is 60.8 Å². The van der Waals surface area contributed by atoms with E-state index in [0.29, 0.717) is 22.3 Å². The highest BCUT2D eigenvalue weighted by Gasteiger charge is 2.50. The third-order valence-corrected chi connectivity index (χ3v) is 9.94. The van der Waals surface area contributed by atoms with Crippen LogP contribution in [0.25, 0.3) is 0 Å². The number of carbonyl (C=O) groups excluding carboxylic acids is 8. The molecule has 3 rings (SSSR count). The standard InChI is InChI=1S/C40H48O14/c1-49-33(43)29-19-25-9-7-11-27(17-25)23-40(37(47)53-5,38(48)54-6)16-14-32(42)22-30(34(44)50-2)20-26-10-8-12-28(18-26)24-39(35(45)51-3,36(46)52-4)15-13-31(41)21-29/h7-12,17-18,29-30H,13-16,19-24H2,1-6H3. The van der Waals surface area contributed by atoms with Gasteiger partial charge >= 0.3 is 35.8 Å². The van der Waals surface area contributed by atoms with E-state index in [-0.39, 0.29) is 64.2 Å². The number of fused-ring (bicyclic) bond motifs is 4. The SMILES string of the molecule is COC(=O)C1CC(=O)CCC(C(=O)OC)(C(=O)OC)Cc2cccc(c2)CC(C(=O)OC)CC(=O)CCC(C(=O)OC)(C(=O)OC)Cc2cccc(c2)C1. The molecule has 0 aromatic heterocycles. The largest absolute Gasteiger partial charge is 0.469 e. The first-order valence-corrected chi connectivity index (χ1v) is 17.4. The molecule has 0 spiro atoms. The summed E-state index contributed by atoms with van der Waals surface area (Å²) in [5.41, 5.74) is -1.79. The van der Waals surface area contributed by atoms with E-state index in [1.165, 1.54) is 14.2 Å². The van der Waals surface area contributed by atoms with Gasteiger partial charge in [-0.1, -0.05) is 48.5 Å². The molecule has 2 aromatic carbocycles. The maximum Gasteiger partial charge on any atom is 0.323 e. The van der Waals surface area contributed by atoms with E-state index in [1.807, 2.05) is 0 Å². The van der Waals surface area contributed by atoms with Crippen LogP contribution in [0.5, 0.6) is 0 Å². The molecule has 0 saturated heterocycles. The lowest BCUT2D eigenvalue weighted by Crippen LogP contribution is -2.44. The van der Waals surface area contributed by atoms with Crippen LogP contribution in [-0.2, 0) is 92.5 Å². The summed E-state index contributed by atoms with van der Waals surface area (Å²) in [4.78, 5) is 107. The number of ether oxygens (including phenoxy) is 6. The van der Waals surface area contributed by atoms with Gasteiger partial charge in [0.2, 0.25) is 0 Å². The summed E-state index contributed by atoms with van der Waals surface area (Å²) >= 11 is 0. The fourth-order valence-corrected chi connectivity index (χ4v) is 7.09. The Labute approximate surface area is 314 Å². The second kappa shape index (κ2) is 19.6. The zero-order valence-electron chi connectivity index (χ0n) is 31.6. The van der Waals surface area contributed by atoms with Crippen LogP contribution >= 0.6 is 0 Å². The molecule has 0 N–H and O–H groups in total. The highest BCUT2D eigenvalue weighted by Crippen LogP contribution is 2.36. The summed E-state index contributed by atoms with van der Waals surface area (Å²) < 4.78 is 30.3. The van der Waals surface area contributed by atoms with Gasteiger partial charge in [0.05, 0.1) is 54.5 Å². The zero-order valence-corrected chi connectivity index (χ0v) is 31.6. The van der Waals surface area contributed by atoms with Crippen LogP contribution in [0, 0.1) is 22.7 Å². The molecule has 0 radical (unpaired) electrons. The second-order valence-corrected chi connectivity index (χ2v) is 13.5. The molecule has 14 nitrogen and oxygen atoms in total. The van der Waals surface area contributed by atoms with Crippen molar-refractivity contribution >= 4 is 47.4 Å². The molecule has 0 aliphatic heterocycles. The van der Waals surface area contributed by atoms with Crippen molar-refractivity contribution in [2.45, 2.75) is 64.2 Å². The van der Waals surface area contributed by atoms with Crippen molar-refractivity contribution in [3.05, 3.63) is 70.8 Å². The van der Waals surface area contributed by atoms with Gasteiger partial charge in [0.1, 0.15) is 11.6 Å². The van der Waals surface area contributed by atoms with Crippen LogP contribution < -0.4 is 0 Å². The van der Waals surface area contributed by atoms with Crippen molar-refractivity contribution in [2.24, 2.45) is 22.7 Å². The van der Waals surface area contributed by atoms with Gasteiger partial charge in [0, 0.05) is 25.7 Å². The molecule has 0 fully saturated rings. The number of methoxy groups -OCH3 is 6. The lowest BCUT2D eigenvalue weighted by Gasteiger charge is -2.29. The average molecular weight is 753 g/mol. The number of Topliss-reactive ketones (excluding diaryl/α,β-unsaturated/α-hetero) is 2. The third kappa shape index (κ3) is 10.4. The molecule has 0 heterocycles. The van der Waals surface area contributed by atoms with Crippen LogP contribution in [0.4, 0.5) is 0 Å². The minimum absolute atomic E-state index is 0.0229. The van der Waals surface area contributed by atoms with Gasteiger partial charge < -0.3 is 28.4 Å². The van der Waals surface area contributed by atoms with Crippen LogP contribution in [0.2, 0.25) is 0 Å². The molecule has 1 aliphatic carbocycles. The number of rotatable bonds is 6. The van der Waals surface area contributed by atoms with Crippen molar-refractivity contribution in [1.29, 1.82) is 0 Å². The highest BCUT2D eigenvalue weighted by molar-refractivity contribution is 6.02. The summed E-state index contributed by atoms with van der Waals surface area (Å²) in [7, 11) is 6.85. The fourth-order valence-electron chi connectivity index (χ4n) is 7.09. The van der Waals surface area contributed by atoms with Gasteiger partial charge in [0.25, 0.3) is 0 Å². The van der Waals surface area contributed by atoms with Gasteiger partial charge in [-0.3, -0.25) is 38.4 Å². The van der Waals surface area contributed by atoms with Crippen LogP contribution in [0.1, 0.15) is 60.8 Å². The minimum Gasteiger partial charge on any atom is -0.469 e. The predicted molar refractivity (Wildman–Crippen MR) is 189 cm³/mol. The van der Waals surface area contributed by atoms with Crippen LogP contribution in [-0.4, -0.2) is 90.0 Å². The van der Waals surface area contributed by atoms with E-state index in [4.69, 9.17) is 28.4 Å². The van der Waals surface area contributed by atoms with E-state index in [0.717, 1.165) is 28.4 Å². The maximum atomic E-state index is 13.5. The molecule has 2 unspecified atom stereocenters. The predicted octanol–water partition coefficient (Wildman–Crippen LogP) is 3.29. The zero-order chi connectivity index (χ0) is 40.1. The van der Waals surface area contributed by atoms with Gasteiger partial charge in [-0.2, -0.15) is 0 Å². The van der Waals surface area contributed by atoms with Gasteiger partial charge in [0.15, 0.2) is 10.8 Å². The Kier molecular flexibility index (Phi) is 15.6. The number of hydrogen-bond donors (Lipinski definition) is 0. The Bertz CT molecular complexity index is 1570. The topological polar surface area (TPSA) is 192 Å². The molecular formula is C40H48O14. The molecule has 0 saturated carbocycles. The minimum atomic E-state index is -1.94. The number of esters is 6. The number of hydrogen-bond acceptors (Lipinski definition) is 14. The molecule has 2 aromatic rings. The summed E-state index contributed by atoms with van der Waals surface area (Å²) in [6.45, 7) is 0. The molecule has 2 atom stereocenters. The Balaban J connectivity index is 2.19. The normalized spacial score (nSPS) is 19.4. The van der Waals surface area contributed by atoms with Gasteiger partial charge in [-0.25, -0.2) is 0 Å². The highest BCUT2D eigenvalue weighted by atomic mass is 16.6. The third-order valence-electron chi connectivity index (χ3n) is 9.94. The Hall–Kier alpha value is -5.40. The summed E-state index contributed by atoms with van der Waals surface area (Å²) in [6, 6.07) is 13.3. The summed E-state index contributed by atoms with van der Waals surface area (Å²) in [6.07, 6.45) is -2.22. The second-order valence-electron chi connectivity index (χ2n) is 13.5. The van der Waals surface area contributed by atoms with Crippen LogP contribution in [0.3, 0.4) is 0 Å². The van der Waals surface area contributed by atoms with E-state index in [2.05, 4.69) is 0 Å². The number of ketones is 2. The first-order chi connectivity index (χ1) is 25.7. The molecule has 4 bridgehead atoms. The molecule has 292 valence electrons. The molecule has 0 amide bonds. The van der Waals surface area contributed by atoms with E-state index < -0.39 is 70.0 Å². The van der Waals surface area contributed by atoms with E-state index in [9.17, 15) is 38.4 Å². The molecule has 54 heavy (non-hydrogen) atoms. The fraction of sp³-hybridized carbons (Fsp3) is 0.500. The van der Waals surface area contributed by atoms with Gasteiger partial charge in [-0.15, -0.1) is 0 Å². The monoisotopic (exact) mass is 752 g/mol. The molecule has 14 heteroatoms. The smallest absolute Gasteiger partial charge is 0.323 e. The first-order valence-electron chi connectivity index (χ1n) is 17.4. The van der Waals surface area contributed by atoms with Crippen molar-refractivity contribution in [3.8, 4) is 0 Å². The first kappa shape index (κ1) is 43.0. The van der Waals surface area contributed by atoms with E-state index >= 15 is 0 Å². The average Bonchev–Trinajstić information content (AvgIpc) is 3.18. The Morgan fingerprint density at radius 3 is 1.09 bits per heavy atom. The lowest BCUT2D eigenvalue weighted by molar-refractivity contribution is -0.171. The van der Waals surface area contributed by atoms with Crippen molar-refractivity contribution in [2.75, 3.05) is 42.7 Å².